The van der Waals surface area contributed by atoms with E-state index in [2.05, 4.69) is 13.8 Å². The predicted octanol–water partition coefficient (Wildman–Crippen LogP) is 0.757. The first kappa shape index (κ1) is 10.0. The smallest absolute Gasteiger partial charge is 0.404 e. The SMILES string of the molecule is CC(C)CC[CH2][AlH][O][AlH2]. The third kappa shape index (κ3) is 9.02. The third-order valence-electron chi connectivity index (χ3n) is 1.38. The third-order valence-corrected chi connectivity index (χ3v) is 3.80. The lowest BCUT2D eigenvalue weighted by Gasteiger charge is -2.01. The maximum Gasteiger partial charge on any atom is 0.404 e. The zero-order chi connectivity index (χ0) is 7.11. The van der Waals surface area contributed by atoms with E-state index in [-0.39, 0.29) is 15.6 Å². The van der Waals surface area contributed by atoms with E-state index in [1.54, 1.807) is 0 Å². The molecule has 0 aliphatic carbocycles. The van der Waals surface area contributed by atoms with Crippen molar-refractivity contribution in [3.05, 3.63) is 0 Å². The molecule has 0 aromatic carbocycles. The van der Waals surface area contributed by atoms with Gasteiger partial charge in [-0.05, 0) is 5.92 Å². The summed E-state index contributed by atoms with van der Waals surface area (Å²) in [7, 11) is 0. The Morgan fingerprint density at radius 3 is 2.67 bits per heavy atom. The fourth-order valence-electron chi connectivity index (χ4n) is 0.799. The summed E-state index contributed by atoms with van der Waals surface area (Å²) in [5.41, 5.74) is 0. The van der Waals surface area contributed by atoms with E-state index < -0.39 is 0 Å². The normalized spacial score (nSPS) is 10.1. The molecular weight excluding hydrogens is 142 g/mol. The molecule has 0 aromatic rings. The zero-order valence-corrected chi connectivity index (χ0v) is 10.2. The summed E-state index contributed by atoms with van der Waals surface area (Å²) in [5.74, 6) is 0.883. The lowest BCUT2D eigenvalue weighted by molar-refractivity contribution is 0.564. The molecular formula is C6H16Al2O. The molecule has 9 heavy (non-hydrogen) atoms. The second-order valence-corrected chi connectivity index (χ2v) is 6.31. The Labute approximate surface area is 73.0 Å². The molecule has 0 N–H and O–H groups in total. The predicted molar refractivity (Wildman–Crippen MR) is 45.7 cm³/mol. The molecule has 0 atom stereocenters. The number of hydrogen-bond donors (Lipinski definition) is 0. The van der Waals surface area contributed by atoms with E-state index in [4.69, 9.17) is 2.84 Å². The first-order chi connectivity index (χ1) is 4.27. The summed E-state index contributed by atoms with van der Waals surface area (Å²) >= 11 is 0.904. The molecule has 0 spiro atoms. The Bertz CT molecular complexity index is 57.0. The number of hydrogen-bond acceptors (Lipinski definition) is 1. The lowest BCUT2D eigenvalue weighted by Crippen LogP contribution is -1.95. The molecule has 0 radical (unpaired) electrons. The van der Waals surface area contributed by atoms with Crippen LogP contribution in [0.1, 0.15) is 26.7 Å². The van der Waals surface area contributed by atoms with Gasteiger partial charge < -0.3 is 2.84 Å². The summed E-state index contributed by atoms with van der Waals surface area (Å²) in [4.78, 5) is 0. The van der Waals surface area contributed by atoms with Gasteiger partial charge in [0, 0.05) is 0 Å². The summed E-state index contributed by atoms with van der Waals surface area (Å²) in [5, 5.41) is 1.39. The second-order valence-electron chi connectivity index (χ2n) is 2.88. The van der Waals surface area contributed by atoms with Gasteiger partial charge in [-0.2, -0.15) is 0 Å². The van der Waals surface area contributed by atoms with Gasteiger partial charge in [0.05, 0.1) is 0 Å². The van der Waals surface area contributed by atoms with E-state index in [9.17, 15) is 0 Å². The van der Waals surface area contributed by atoms with Crippen LogP contribution in [0.2, 0.25) is 5.28 Å². The van der Waals surface area contributed by atoms with E-state index in [0.717, 1.165) is 22.5 Å². The Hall–Kier alpha value is 1.02. The van der Waals surface area contributed by atoms with Crippen LogP contribution in [0, 0.1) is 5.92 Å². The van der Waals surface area contributed by atoms with Crippen LogP contribution >= 0.6 is 0 Å². The van der Waals surface area contributed by atoms with Crippen LogP contribution in [-0.2, 0) is 2.84 Å². The van der Waals surface area contributed by atoms with Crippen LogP contribution in [0.25, 0.3) is 0 Å². The molecule has 0 amide bonds. The van der Waals surface area contributed by atoms with Crippen LogP contribution in [0.5, 0.6) is 0 Å². The molecule has 3 heteroatoms. The highest BCUT2D eigenvalue weighted by molar-refractivity contribution is 6.34. The van der Waals surface area contributed by atoms with Gasteiger partial charge in [0.15, 0.2) is 0 Å². The van der Waals surface area contributed by atoms with Crippen molar-refractivity contribution in [2.24, 2.45) is 5.92 Å². The van der Waals surface area contributed by atoms with Crippen molar-refractivity contribution >= 4 is 32.2 Å². The fraction of sp³-hybridized carbons (Fsp3) is 1.00. The average Bonchev–Trinajstić information content (AvgIpc) is 1.80. The van der Waals surface area contributed by atoms with Gasteiger partial charge in [-0.1, -0.05) is 32.0 Å². The Balaban J connectivity index is 2.75. The van der Waals surface area contributed by atoms with Crippen molar-refractivity contribution in [3.8, 4) is 0 Å². The van der Waals surface area contributed by atoms with Crippen LogP contribution in [0.4, 0.5) is 0 Å². The molecule has 1 nitrogen and oxygen atoms in total. The topological polar surface area (TPSA) is 9.23 Å². The summed E-state index contributed by atoms with van der Waals surface area (Å²) in [6.07, 6.45) is 2.78. The molecule has 0 aliphatic heterocycles. The minimum Gasteiger partial charge on any atom is -0.644 e. The van der Waals surface area contributed by atoms with Crippen molar-refractivity contribution < 1.29 is 2.84 Å². The Morgan fingerprint density at radius 2 is 2.22 bits per heavy atom. The van der Waals surface area contributed by atoms with Gasteiger partial charge >= 0.3 is 32.2 Å². The molecule has 0 heterocycles. The molecule has 0 aliphatic rings. The summed E-state index contributed by atoms with van der Waals surface area (Å²) < 4.78 is 5.20. The van der Waals surface area contributed by atoms with Gasteiger partial charge in [-0.15, -0.1) is 0 Å². The highest BCUT2D eigenvalue weighted by Gasteiger charge is 1.94. The highest BCUT2D eigenvalue weighted by Crippen LogP contribution is 2.05. The van der Waals surface area contributed by atoms with Crippen LogP contribution in [0.15, 0.2) is 0 Å². The van der Waals surface area contributed by atoms with Gasteiger partial charge in [-0.3, -0.25) is 0 Å². The van der Waals surface area contributed by atoms with Crippen molar-refractivity contribution in [2.45, 2.75) is 32.0 Å². The van der Waals surface area contributed by atoms with Crippen molar-refractivity contribution in [1.82, 2.24) is 0 Å². The lowest BCUT2D eigenvalue weighted by atomic mass is 10.1. The van der Waals surface area contributed by atoms with Crippen LogP contribution in [-0.4, -0.2) is 32.2 Å². The standard InChI is InChI=1S/C6H13.2Al.O.3H/c1-4-5-6(2)3;;;;;;/h6H,1,4-5H2,2-3H3;;;;;;. The van der Waals surface area contributed by atoms with Gasteiger partial charge in [-0.25, -0.2) is 0 Å². The largest absolute Gasteiger partial charge is 0.644 e. The highest BCUT2D eigenvalue weighted by atomic mass is 27.2. The Kier molecular flexibility index (Phi) is 7.95. The van der Waals surface area contributed by atoms with E-state index in [0.29, 0.717) is 0 Å². The summed E-state index contributed by atoms with van der Waals surface area (Å²) in [6.45, 7) is 4.56. The molecule has 0 fully saturated rings. The van der Waals surface area contributed by atoms with Crippen molar-refractivity contribution in [3.63, 3.8) is 0 Å². The van der Waals surface area contributed by atoms with Gasteiger partial charge in [0.2, 0.25) is 0 Å². The molecule has 0 bridgehead atoms. The maximum absolute atomic E-state index is 5.20. The van der Waals surface area contributed by atoms with E-state index >= 15 is 0 Å². The average molecular weight is 158 g/mol. The maximum atomic E-state index is 5.20. The molecule has 0 rings (SSSR count). The molecule has 0 unspecified atom stereocenters. The van der Waals surface area contributed by atoms with Crippen LogP contribution < -0.4 is 0 Å². The quantitative estimate of drug-likeness (QED) is 0.424. The Morgan fingerprint density at radius 1 is 1.56 bits per heavy atom. The fourth-order valence-corrected chi connectivity index (χ4v) is 2.45. The monoisotopic (exact) mass is 158 g/mol. The minimum absolute atomic E-state index is 0.0595. The second kappa shape index (κ2) is 7.14. The zero-order valence-electron chi connectivity index (χ0n) is 6.81. The van der Waals surface area contributed by atoms with Gasteiger partial charge in [0.1, 0.15) is 0 Å². The van der Waals surface area contributed by atoms with Crippen LogP contribution in [0.3, 0.4) is 0 Å². The van der Waals surface area contributed by atoms with Gasteiger partial charge in [0.25, 0.3) is 0 Å². The van der Waals surface area contributed by atoms with E-state index in [1.165, 1.54) is 18.1 Å². The van der Waals surface area contributed by atoms with Crippen molar-refractivity contribution in [2.75, 3.05) is 0 Å². The number of rotatable bonds is 5. The first-order valence-corrected chi connectivity index (χ1v) is 6.15. The first-order valence-electron chi connectivity index (χ1n) is 3.76. The van der Waals surface area contributed by atoms with E-state index in [1.807, 2.05) is 0 Å². The molecule has 0 saturated carbocycles. The minimum atomic E-state index is -0.0595. The molecule has 52 valence electrons. The summed E-state index contributed by atoms with van der Waals surface area (Å²) in [6, 6.07) is 0. The molecule has 0 aromatic heterocycles. The van der Waals surface area contributed by atoms with Crippen molar-refractivity contribution in [1.29, 1.82) is 0 Å². The molecule has 0 saturated heterocycles.